The van der Waals surface area contributed by atoms with Gasteiger partial charge in [0.25, 0.3) is 0 Å². The Labute approximate surface area is 142 Å². The zero-order chi connectivity index (χ0) is 17.7. The molecule has 1 atom stereocenters. The Hall–Kier alpha value is -2.74. The minimum atomic E-state index is -0.564. The largest absolute Gasteiger partial charge is 0.463 e. The number of nitriles is 1. The Kier molecular flexibility index (Phi) is 5.64. The van der Waals surface area contributed by atoms with E-state index in [1.54, 1.807) is 6.92 Å². The van der Waals surface area contributed by atoms with Gasteiger partial charge in [-0.3, -0.25) is 0 Å². The summed E-state index contributed by atoms with van der Waals surface area (Å²) < 4.78 is 10.8. The molecule has 0 bridgehead atoms. The van der Waals surface area contributed by atoms with E-state index in [4.69, 9.17) is 15.2 Å². The molecule has 1 heterocycles. The Balaban J connectivity index is 2.69. The van der Waals surface area contributed by atoms with Crippen molar-refractivity contribution in [2.75, 3.05) is 6.61 Å². The number of allylic oxidation sites excluding steroid dienone is 2. The maximum atomic E-state index is 12.6. The molecule has 126 valence electrons. The lowest BCUT2D eigenvalue weighted by molar-refractivity contribution is -0.139. The summed E-state index contributed by atoms with van der Waals surface area (Å²) in [6.45, 7) is 5.93. The van der Waals surface area contributed by atoms with Crippen molar-refractivity contribution in [2.45, 2.75) is 39.5 Å². The molecular formula is C19H22N2O3. The van der Waals surface area contributed by atoms with Gasteiger partial charge in [-0.2, -0.15) is 5.26 Å². The van der Waals surface area contributed by atoms with Crippen LogP contribution in [-0.2, 0) is 14.3 Å². The first kappa shape index (κ1) is 17.6. The van der Waals surface area contributed by atoms with Crippen molar-refractivity contribution in [3.63, 3.8) is 0 Å². The Morgan fingerprint density at radius 3 is 2.67 bits per heavy atom. The van der Waals surface area contributed by atoms with E-state index in [1.807, 2.05) is 38.1 Å². The first-order valence-electron chi connectivity index (χ1n) is 8.08. The highest BCUT2D eigenvalue weighted by molar-refractivity contribution is 5.92. The van der Waals surface area contributed by atoms with Crippen molar-refractivity contribution in [3.05, 3.63) is 58.2 Å². The van der Waals surface area contributed by atoms with Gasteiger partial charge < -0.3 is 15.2 Å². The molecule has 2 N–H and O–H groups in total. The van der Waals surface area contributed by atoms with Gasteiger partial charge in [0.2, 0.25) is 5.88 Å². The Morgan fingerprint density at radius 2 is 2.08 bits per heavy atom. The van der Waals surface area contributed by atoms with E-state index >= 15 is 0 Å². The van der Waals surface area contributed by atoms with Crippen LogP contribution in [0.3, 0.4) is 0 Å². The lowest BCUT2D eigenvalue weighted by atomic mass is 9.80. The summed E-state index contributed by atoms with van der Waals surface area (Å²) in [4.78, 5) is 12.6. The normalized spacial score (nSPS) is 17.3. The molecule has 1 aliphatic rings. The van der Waals surface area contributed by atoms with Crippen molar-refractivity contribution < 1.29 is 14.3 Å². The quantitative estimate of drug-likeness (QED) is 0.838. The third-order valence-corrected chi connectivity index (χ3v) is 3.97. The third-order valence-electron chi connectivity index (χ3n) is 3.97. The molecule has 1 unspecified atom stereocenters. The van der Waals surface area contributed by atoms with Gasteiger partial charge in [0.1, 0.15) is 17.4 Å². The lowest BCUT2D eigenvalue weighted by Gasteiger charge is -2.29. The van der Waals surface area contributed by atoms with Gasteiger partial charge in [0.05, 0.1) is 18.1 Å². The van der Waals surface area contributed by atoms with Crippen LogP contribution in [0.15, 0.2) is 47.1 Å². The number of ether oxygens (including phenoxy) is 2. The topological polar surface area (TPSA) is 85.3 Å². The number of carbonyl (C=O) groups is 1. The summed E-state index contributed by atoms with van der Waals surface area (Å²) in [6.07, 6.45) is 1.34. The smallest absolute Gasteiger partial charge is 0.338 e. The predicted molar refractivity (Wildman–Crippen MR) is 90.4 cm³/mol. The minimum Gasteiger partial charge on any atom is -0.463 e. The second-order valence-corrected chi connectivity index (χ2v) is 5.59. The molecule has 5 nitrogen and oxygen atoms in total. The van der Waals surface area contributed by atoms with Crippen LogP contribution in [0.2, 0.25) is 0 Å². The molecule has 0 aromatic heterocycles. The molecule has 2 rings (SSSR count). The Bertz CT molecular complexity index is 741. The van der Waals surface area contributed by atoms with Crippen LogP contribution < -0.4 is 5.73 Å². The van der Waals surface area contributed by atoms with Crippen molar-refractivity contribution in [2.24, 2.45) is 5.73 Å². The van der Waals surface area contributed by atoms with Crippen LogP contribution >= 0.6 is 0 Å². The molecule has 0 amide bonds. The molecule has 0 fully saturated rings. The number of aryl methyl sites for hydroxylation is 1. The van der Waals surface area contributed by atoms with Gasteiger partial charge >= 0.3 is 5.97 Å². The molecule has 5 heteroatoms. The zero-order valence-corrected chi connectivity index (χ0v) is 14.3. The molecular weight excluding hydrogens is 304 g/mol. The summed E-state index contributed by atoms with van der Waals surface area (Å²) in [6, 6.07) is 9.75. The van der Waals surface area contributed by atoms with Crippen molar-refractivity contribution >= 4 is 5.97 Å². The Morgan fingerprint density at radius 1 is 1.38 bits per heavy atom. The number of carbonyl (C=O) groups excluding carboxylic acids is 1. The number of nitrogens with zero attached hydrogens (tertiary/aromatic N) is 1. The van der Waals surface area contributed by atoms with Gasteiger partial charge in [0, 0.05) is 6.42 Å². The number of benzene rings is 1. The van der Waals surface area contributed by atoms with Crippen molar-refractivity contribution in [1.82, 2.24) is 0 Å². The van der Waals surface area contributed by atoms with Crippen LogP contribution in [-0.4, -0.2) is 12.6 Å². The molecule has 1 aliphatic heterocycles. The van der Waals surface area contributed by atoms with E-state index in [0.29, 0.717) is 17.8 Å². The zero-order valence-electron chi connectivity index (χ0n) is 14.3. The number of nitrogens with two attached hydrogens (primary N) is 1. The fourth-order valence-electron chi connectivity index (χ4n) is 2.88. The average Bonchev–Trinajstić information content (AvgIpc) is 2.55. The van der Waals surface area contributed by atoms with Gasteiger partial charge in [0.15, 0.2) is 0 Å². The van der Waals surface area contributed by atoms with Crippen LogP contribution in [0, 0.1) is 18.3 Å². The lowest BCUT2D eigenvalue weighted by Crippen LogP contribution is -2.26. The van der Waals surface area contributed by atoms with E-state index in [2.05, 4.69) is 6.07 Å². The molecule has 0 aliphatic carbocycles. The summed E-state index contributed by atoms with van der Waals surface area (Å²) in [5.41, 5.74) is 8.42. The third kappa shape index (κ3) is 3.28. The molecule has 24 heavy (non-hydrogen) atoms. The minimum absolute atomic E-state index is 0.0576. The fourth-order valence-corrected chi connectivity index (χ4v) is 2.88. The van der Waals surface area contributed by atoms with E-state index < -0.39 is 11.9 Å². The molecule has 0 spiro atoms. The summed E-state index contributed by atoms with van der Waals surface area (Å²) in [5.74, 6) is -0.483. The summed E-state index contributed by atoms with van der Waals surface area (Å²) >= 11 is 0. The van der Waals surface area contributed by atoms with Crippen LogP contribution in [0.4, 0.5) is 0 Å². The van der Waals surface area contributed by atoms with Crippen molar-refractivity contribution in [1.29, 1.82) is 5.26 Å². The highest BCUT2D eigenvalue weighted by Gasteiger charge is 2.37. The molecule has 1 aromatic rings. The molecule has 1 aromatic carbocycles. The van der Waals surface area contributed by atoms with Crippen LogP contribution in [0.25, 0.3) is 0 Å². The first-order valence-corrected chi connectivity index (χ1v) is 8.08. The first-order chi connectivity index (χ1) is 11.5. The second-order valence-electron chi connectivity index (χ2n) is 5.59. The van der Waals surface area contributed by atoms with E-state index in [1.165, 1.54) is 0 Å². The van der Waals surface area contributed by atoms with Gasteiger partial charge in [-0.25, -0.2) is 4.79 Å². The molecule has 0 saturated heterocycles. The SMILES string of the molecule is CCCC1=C(C(=O)OCC)C(c2ccccc2C)C(C#N)=C(N)O1. The van der Waals surface area contributed by atoms with Crippen molar-refractivity contribution in [3.8, 4) is 6.07 Å². The average molecular weight is 326 g/mol. The summed E-state index contributed by atoms with van der Waals surface area (Å²) in [7, 11) is 0. The van der Waals surface area contributed by atoms with E-state index in [0.717, 1.165) is 17.5 Å². The number of hydrogen-bond donors (Lipinski definition) is 1. The maximum absolute atomic E-state index is 12.6. The van der Waals surface area contributed by atoms with Gasteiger partial charge in [-0.15, -0.1) is 0 Å². The highest BCUT2D eigenvalue weighted by Crippen LogP contribution is 2.41. The number of rotatable bonds is 5. The van der Waals surface area contributed by atoms with Crippen LogP contribution in [0.1, 0.15) is 43.7 Å². The van der Waals surface area contributed by atoms with Gasteiger partial charge in [-0.05, 0) is 31.4 Å². The highest BCUT2D eigenvalue weighted by atomic mass is 16.5. The monoisotopic (exact) mass is 326 g/mol. The van der Waals surface area contributed by atoms with E-state index in [9.17, 15) is 10.1 Å². The van der Waals surface area contributed by atoms with Crippen LogP contribution in [0.5, 0.6) is 0 Å². The molecule has 0 saturated carbocycles. The number of hydrogen-bond acceptors (Lipinski definition) is 5. The number of esters is 1. The van der Waals surface area contributed by atoms with E-state index in [-0.39, 0.29) is 18.1 Å². The predicted octanol–water partition coefficient (Wildman–Crippen LogP) is 3.42. The summed E-state index contributed by atoms with van der Waals surface area (Å²) in [5, 5.41) is 9.59. The standard InChI is InChI=1S/C19H22N2O3/c1-4-8-15-17(19(22)23-5-2)16(14(11-20)18(21)24-15)13-10-7-6-9-12(13)3/h6-7,9-10,16H,4-5,8,21H2,1-3H3. The fraction of sp³-hybridized carbons (Fsp3) is 0.368. The second kappa shape index (κ2) is 7.69. The molecule has 0 radical (unpaired) electrons. The maximum Gasteiger partial charge on any atom is 0.338 e. The van der Waals surface area contributed by atoms with Gasteiger partial charge in [-0.1, -0.05) is 31.2 Å².